The maximum atomic E-state index is 9.62. The van der Waals surface area contributed by atoms with Crippen LogP contribution in [-0.4, -0.2) is 39.9 Å². The Balaban J connectivity index is 1.56. The molecule has 0 saturated carbocycles. The third-order valence-corrected chi connectivity index (χ3v) is 5.47. The lowest BCUT2D eigenvalue weighted by molar-refractivity contribution is 0.0353. The van der Waals surface area contributed by atoms with E-state index in [-0.39, 0.29) is 5.41 Å². The van der Waals surface area contributed by atoms with Crippen molar-refractivity contribution in [3.8, 4) is 0 Å². The molecule has 1 saturated heterocycles. The lowest BCUT2D eigenvalue weighted by Gasteiger charge is -2.39. The highest BCUT2D eigenvalue weighted by Crippen LogP contribution is 2.34. The van der Waals surface area contributed by atoms with Gasteiger partial charge in [0.25, 0.3) is 0 Å². The topological polar surface area (TPSA) is 62.4 Å². The van der Waals surface area contributed by atoms with E-state index in [0.29, 0.717) is 31.4 Å². The Kier molecular flexibility index (Phi) is 5.31. The molecule has 0 radical (unpaired) electrons. The normalized spacial score (nSPS) is 18.0. The van der Waals surface area contributed by atoms with Crippen molar-refractivity contribution in [3.05, 3.63) is 47.2 Å². The second-order valence-corrected chi connectivity index (χ2v) is 6.98. The molecule has 24 heavy (non-hydrogen) atoms. The van der Waals surface area contributed by atoms with Crippen molar-refractivity contribution < 1.29 is 9.52 Å². The van der Waals surface area contributed by atoms with Gasteiger partial charge in [-0.15, -0.1) is 10.2 Å². The average molecular weight is 329 g/mol. The predicted octanol–water partition coefficient (Wildman–Crippen LogP) is 2.95. The van der Waals surface area contributed by atoms with Crippen LogP contribution >= 0.6 is 0 Å². The summed E-state index contributed by atoms with van der Waals surface area (Å²) < 4.78 is 5.84. The lowest BCUT2D eigenvalue weighted by Crippen LogP contribution is -2.41. The molecule has 2 aromatic rings. The van der Waals surface area contributed by atoms with Crippen LogP contribution in [0.25, 0.3) is 0 Å². The molecule has 0 amide bonds. The zero-order valence-corrected chi connectivity index (χ0v) is 14.7. The number of hydrogen-bond acceptors (Lipinski definition) is 5. The summed E-state index contributed by atoms with van der Waals surface area (Å²) >= 11 is 0. The third-order valence-electron chi connectivity index (χ3n) is 5.47. The van der Waals surface area contributed by atoms with E-state index >= 15 is 0 Å². The number of aliphatic hydroxyl groups excluding tert-OH is 1. The first-order valence-corrected chi connectivity index (χ1v) is 8.83. The summed E-state index contributed by atoms with van der Waals surface area (Å²) in [5.41, 5.74) is 2.58. The minimum atomic E-state index is 0.112. The molecule has 1 aliphatic heterocycles. The van der Waals surface area contributed by atoms with Crippen molar-refractivity contribution in [2.75, 3.05) is 19.7 Å². The zero-order valence-electron chi connectivity index (χ0n) is 14.7. The molecular formula is C19H27N3O2. The maximum Gasteiger partial charge on any atom is 0.230 e. The molecular weight excluding hydrogens is 302 g/mol. The van der Waals surface area contributed by atoms with Crippen molar-refractivity contribution in [1.82, 2.24) is 15.1 Å². The van der Waals surface area contributed by atoms with E-state index in [1.54, 1.807) is 0 Å². The molecule has 1 aliphatic rings. The third kappa shape index (κ3) is 3.84. The van der Waals surface area contributed by atoms with E-state index in [1.807, 2.05) is 12.1 Å². The summed E-state index contributed by atoms with van der Waals surface area (Å²) in [7, 11) is 0. The number of hydrogen-bond donors (Lipinski definition) is 1. The Bertz CT molecular complexity index is 654. The highest BCUT2D eigenvalue weighted by atomic mass is 16.4. The molecule has 0 aliphatic carbocycles. The minimum absolute atomic E-state index is 0.112. The fourth-order valence-electron chi connectivity index (χ4n) is 3.40. The Labute approximate surface area is 143 Å². The highest BCUT2D eigenvalue weighted by Gasteiger charge is 2.32. The van der Waals surface area contributed by atoms with Crippen LogP contribution in [0.2, 0.25) is 0 Å². The number of nitrogens with zero attached hydrogens (tertiary/aromatic N) is 3. The summed E-state index contributed by atoms with van der Waals surface area (Å²) in [4.78, 5) is 2.34. The van der Waals surface area contributed by atoms with Crippen LogP contribution in [-0.2, 0) is 13.0 Å². The van der Waals surface area contributed by atoms with Crippen molar-refractivity contribution in [3.63, 3.8) is 0 Å². The summed E-state index contributed by atoms with van der Waals surface area (Å²) in [5.74, 6) is 1.36. The van der Waals surface area contributed by atoms with E-state index in [1.165, 1.54) is 11.1 Å². The summed E-state index contributed by atoms with van der Waals surface area (Å²) in [6.07, 6.45) is 3.79. The van der Waals surface area contributed by atoms with Gasteiger partial charge >= 0.3 is 0 Å². The first-order valence-electron chi connectivity index (χ1n) is 8.83. The second kappa shape index (κ2) is 7.45. The van der Waals surface area contributed by atoms with Crippen LogP contribution in [0, 0.1) is 12.3 Å². The van der Waals surface area contributed by atoms with Gasteiger partial charge in [0.2, 0.25) is 11.8 Å². The summed E-state index contributed by atoms with van der Waals surface area (Å²) in [6, 6.07) is 8.27. The number of piperidine rings is 1. The van der Waals surface area contributed by atoms with Gasteiger partial charge in [-0.1, -0.05) is 31.2 Å². The number of aromatic nitrogens is 2. The number of likely N-dealkylation sites (tertiary alicyclic amines) is 1. The Morgan fingerprint density at radius 3 is 2.54 bits per heavy atom. The van der Waals surface area contributed by atoms with Crippen LogP contribution in [0.3, 0.4) is 0 Å². The zero-order chi connectivity index (χ0) is 17.0. The van der Waals surface area contributed by atoms with Crippen molar-refractivity contribution >= 4 is 0 Å². The van der Waals surface area contributed by atoms with Gasteiger partial charge in [0, 0.05) is 6.61 Å². The molecule has 0 atom stereocenters. The van der Waals surface area contributed by atoms with Gasteiger partial charge in [-0.05, 0) is 55.8 Å². The molecule has 1 aromatic heterocycles. The number of benzene rings is 1. The quantitative estimate of drug-likeness (QED) is 0.883. The number of aryl methyl sites for hydroxylation is 1. The molecule has 5 nitrogen and oxygen atoms in total. The maximum absolute atomic E-state index is 9.62. The van der Waals surface area contributed by atoms with Crippen molar-refractivity contribution in [2.24, 2.45) is 5.41 Å². The van der Waals surface area contributed by atoms with Gasteiger partial charge in [0.05, 0.1) is 13.0 Å². The van der Waals surface area contributed by atoms with Gasteiger partial charge < -0.3 is 9.52 Å². The largest absolute Gasteiger partial charge is 0.424 e. The molecule has 5 heteroatoms. The summed E-state index contributed by atoms with van der Waals surface area (Å²) in [5, 5.41) is 18.0. The molecule has 0 unspecified atom stereocenters. The van der Waals surface area contributed by atoms with Crippen LogP contribution in [0.1, 0.15) is 49.1 Å². The first-order chi connectivity index (χ1) is 11.6. The summed E-state index contributed by atoms with van der Waals surface area (Å²) in [6.45, 7) is 7.21. The van der Waals surface area contributed by atoms with Gasteiger partial charge in [0.1, 0.15) is 0 Å². The van der Waals surface area contributed by atoms with Crippen LogP contribution in [0.15, 0.2) is 28.7 Å². The standard InChI is InChI=1S/C19H27N3O2/c1-3-19(14-23)8-10-22(11-9-19)13-18-21-20-17(24-18)12-16-7-5-4-6-15(16)2/h4-7,23H,3,8-14H2,1-2H3. The SMILES string of the molecule is CCC1(CO)CCN(Cc2nnc(Cc3ccccc3C)o2)CC1. The average Bonchev–Trinajstić information content (AvgIpc) is 3.05. The Morgan fingerprint density at radius 2 is 1.88 bits per heavy atom. The molecule has 3 rings (SSSR count). The number of aliphatic hydroxyl groups is 1. The fraction of sp³-hybridized carbons (Fsp3) is 0.579. The lowest BCUT2D eigenvalue weighted by atomic mass is 9.77. The van der Waals surface area contributed by atoms with Gasteiger partial charge in [-0.3, -0.25) is 4.90 Å². The molecule has 1 aromatic carbocycles. The van der Waals surface area contributed by atoms with Gasteiger partial charge in [-0.2, -0.15) is 0 Å². The van der Waals surface area contributed by atoms with E-state index in [4.69, 9.17) is 4.42 Å². The molecule has 130 valence electrons. The molecule has 1 fully saturated rings. The first kappa shape index (κ1) is 17.1. The monoisotopic (exact) mass is 329 g/mol. The van der Waals surface area contributed by atoms with Crippen molar-refractivity contribution in [2.45, 2.75) is 46.1 Å². The van der Waals surface area contributed by atoms with E-state index in [0.717, 1.165) is 32.4 Å². The number of rotatable bonds is 6. The predicted molar refractivity (Wildman–Crippen MR) is 92.6 cm³/mol. The molecule has 1 N–H and O–H groups in total. The van der Waals surface area contributed by atoms with Crippen LogP contribution in [0.4, 0.5) is 0 Å². The Morgan fingerprint density at radius 1 is 1.17 bits per heavy atom. The van der Waals surface area contributed by atoms with E-state index in [9.17, 15) is 5.11 Å². The fourth-order valence-corrected chi connectivity index (χ4v) is 3.40. The van der Waals surface area contributed by atoms with Crippen LogP contribution < -0.4 is 0 Å². The second-order valence-electron chi connectivity index (χ2n) is 6.98. The minimum Gasteiger partial charge on any atom is -0.424 e. The smallest absolute Gasteiger partial charge is 0.230 e. The van der Waals surface area contributed by atoms with E-state index < -0.39 is 0 Å². The van der Waals surface area contributed by atoms with Crippen LogP contribution in [0.5, 0.6) is 0 Å². The molecule has 0 bridgehead atoms. The Hall–Kier alpha value is -1.72. The van der Waals surface area contributed by atoms with Gasteiger partial charge in [0.15, 0.2) is 0 Å². The van der Waals surface area contributed by atoms with Crippen molar-refractivity contribution in [1.29, 1.82) is 0 Å². The molecule has 2 heterocycles. The van der Waals surface area contributed by atoms with Gasteiger partial charge in [-0.25, -0.2) is 0 Å². The highest BCUT2D eigenvalue weighted by molar-refractivity contribution is 5.27. The molecule has 0 spiro atoms. The van der Waals surface area contributed by atoms with E-state index in [2.05, 4.69) is 41.1 Å².